The predicted octanol–water partition coefficient (Wildman–Crippen LogP) is 3.98. The predicted molar refractivity (Wildman–Crippen MR) is 122 cm³/mol. The summed E-state index contributed by atoms with van der Waals surface area (Å²) in [5, 5.41) is 14.8. The highest BCUT2D eigenvalue weighted by molar-refractivity contribution is 7.91. The number of rotatable bonds is 6. The van der Waals surface area contributed by atoms with Gasteiger partial charge in [0.25, 0.3) is 10.0 Å². The lowest BCUT2D eigenvalue weighted by molar-refractivity contribution is -0.137. The fraction of sp³-hybridized carbons (Fsp3) is 0.300. The van der Waals surface area contributed by atoms with Gasteiger partial charge in [-0.15, -0.1) is 22.7 Å². The number of thiazole rings is 1. The molecule has 2 atom stereocenters. The van der Waals surface area contributed by atoms with Gasteiger partial charge in [0, 0.05) is 23.9 Å². The largest absolute Gasteiger partial charge is 0.416 e. The Labute approximate surface area is 205 Å². The molecule has 1 amide bonds. The molecule has 0 bridgehead atoms. The van der Waals surface area contributed by atoms with E-state index in [2.05, 4.69) is 10.3 Å². The molecule has 0 saturated carbocycles. The van der Waals surface area contributed by atoms with Gasteiger partial charge in [0.2, 0.25) is 5.91 Å². The van der Waals surface area contributed by atoms with Gasteiger partial charge in [0.05, 0.1) is 28.2 Å². The van der Waals surface area contributed by atoms with E-state index in [0.717, 1.165) is 27.8 Å². The van der Waals surface area contributed by atoms with E-state index in [0.29, 0.717) is 16.3 Å². The van der Waals surface area contributed by atoms with Crippen molar-refractivity contribution in [2.45, 2.75) is 35.5 Å². The number of β-amino-alcohol motifs (C(OH)–C–C–N with tert-alkyl or cyclic N) is 1. The zero-order valence-electron chi connectivity index (χ0n) is 17.1. The second kappa shape index (κ2) is 9.55. The summed E-state index contributed by atoms with van der Waals surface area (Å²) >= 11 is 7.91. The maximum Gasteiger partial charge on any atom is 0.416 e. The average molecular weight is 552 g/mol. The number of amides is 1. The molecule has 2 N–H and O–H groups in total. The van der Waals surface area contributed by atoms with Crippen molar-refractivity contribution in [3.8, 4) is 11.3 Å². The van der Waals surface area contributed by atoms with Crippen LogP contribution in [0.2, 0.25) is 4.34 Å². The minimum atomic E-state index is -4.43. The molecule has 3 heterocycles. The summed E-state index contributed by atoms with van der Waals surface area (Å²) in [6.45, 7) is -0.222. The molecule has 0 unspecified atom stereocenters. The summed E-state index contributed by atoms with van der Waals surface area (Å²) in [5.74, 6) is -0.589. The minimum absolute atomic E-state index is 0.00452. The van der Waals surface area contributed by atoms with Crippen molar-refractivity contribution in [3.63, 3.8) is 0 Å². The Morgan fingerprint density at radius 3 is 2.56 bits per heavy atom. The first-order valence-electron chi connectivity index (χ1n) is 9.80. The highest BCUT2D eigenvalue weighted by Crippen LogP contribution is 2.33. The highest BCUT2D eigenvalue weighted by Gasteiger charge is 2.44. The summed E-state index contributed by atoms with van der Waals surface area (Å²) in [6, 6.07) is 6.27. The van der Waals surface area contributed by atoms with Gasteiger partial charge in [-0.1, -0.05) is 23.7 Å². The number of carbonyl (C=O) groups is 1. The minimum Gasteiger partial charge on any atom is -0.392 e. The van der Waals surface area contributed by atoms with Crippen LogP contribution >= 0.6 is 34.3 Å². The lowest BCUT2D eigenvalue weighted by atomic mass is 10.1. The molecule has 4 rings (SSSR count). The number of nitrogens with one attached hydrogen (secondary N) is 1. The Hall–Kier alpha value is -2.03. The van der Waals surface area contributed by atoms with Gasteiger partial charge in [0.15, 0.2) is 0 Å². The lowest BCUT2D eigenvalue weighted by Gasteiger charge is -2.22. The quantitative estimate of drug-likeness (QED) is 0.483. The number of aromatic nitrogens is 1. The molecule has 1 fully saturated rings. The maximum atomic E-state index is 12.9. The molecular formula is C20H17ClF3N3O4S3. The second-order valence-electron chi connectivity index (χ2n) is 7.46. The van der Waals surface area contributed by atoms with Gasteiger partial charge >= 0.3 is 6.18 Å². The van der Waals surface area contributed by atoms with Crippen molar-refractivity contribution in [3.05, 3.63) is 56.7 Å². The zero-order valence-corrected chi connectivity index (χ0v) is 20.3. The van der Waals surface area contributed by atoms with Crippen molar-refractivity contribution < 1.29 is 31.5 Å². The number of carbonyl (C=O) groups excluding carboxylic acids is 1. The maximum absolute atomic E-state index is 12.9. The Bertz CT molecular complexity index is 1290. The molecule has 1 aliphatic heterocycles. The zero-order chi connectivity index (χ0) is 24.7. The summed E-state index contributed by atoms with van der Waals surface area (Å²) in [6.07, 6.45) is -5.48. The second-order valence-corrected chi connectivity index (χ2v) is 12.2. The number of aliphatic hydroxyl groups excluding tert-OH is 1. The molecule has 1 aliphatic rings. The standard InChI is InChI=1S/C20H17ClF3N3O4S3/c21-16-5-6-18(33-16)34(30,31)27-9-13(28)7-15(27)19(29)25-8-17-26-14(10-32-17)11-1-3-12(4-2-11)20(22,23)24/h1-6,10,13,15,28H,7-9H2,(H,25,29)/t13-,15+/m1/s1. The monoisotopic (exact) mass is 551 g/mol. The van der Waals surface area contributed by atoms with E-state index in [-0.39, 0.29) is 28.1 Å². The van der Waals surface area contributed by atoms with Crippen molar-refractivity contribution in [2.24, 2.45) is 0 Å². The number of halogens is 4. The third-order valence-electron chi connectivity index (χ3n) is 5.12. The first kappa shape index (κ1) is 25.1. The van der Waals surface area contributed by atoms with E-state index in [1.807, 2.05) is 0 Å². The molecular weight excluding hydrogens is 535 g/mol. The van der Waals surface area contributed by atoms with Crippen LogP contribution in [0, 0.1) is 0 Å². The molecule has 14 heteroatoms. The van der Waals surface area contributed by atoms with E-state index in [4.69, 9.17) is 11.6 Å². The van der Waals surface area contributed by atoms with Crippen LogP contribution in [0.5, 0.6) is 0 Å². The van der Waals surface area contributed by atoms with Crippen LogP contribution in [-0.2, 0) is 27.5 Å². The van der Waals surface area contributed by atoms with Crippen LogP contribution in [0.1, 0.15) is 17.0 Å². The first-order chi connectivity index (χ1) is 15.9. The number of benzene rings is 1. The van der Waals surface area contributed by atoms with Gasteiger partial charge < -0.3 is 10.4 Å². The van der Waals surface area contributed by atoms with E-state index >= 15 is 0 Å². The molecule has 1 aromatic carbocycles. The van der Waals surface area contributed by atoms with Crippen LogP contribution in [-0.4, -0.2) is 47.4 Å². The number of nitrogens with zero attached hydrogens (tertiary/aromatic N) is 2. The number of alkyl halides is 3. The van der Waals surface area contributed by atoms with E-state index in [9.17, 15) is 31.5 Å². The topological polar surface area (TPSA) is 99.6 Å². The summed E-state index contributed by atoms with van der Waals surface area (Å²) < 4.78 is 65.3. The average Bonchev–Trinajstić information content (AvgIpc) is 3.51. The number of thiophene rings is 1. The van der Waals surface area contributed by atoms with Crippen molar-refractivity contribution >= 4 is 50.2 Å². The third-order valence-corrected chi connectivity index (χ3v) is 9.54. The number of hydrogen-bond acceptors (Lipinski definition) is 7. The summed E-state index contributed by atoms with van der Waals surface area (Å²) in [5.41, 5.74) is 0.188. The molecule has 0 spiro atoms. The molecule has 3 aromatic rings. The Morgan fingerprint density at radius 2 is 1.94 bits per heavy atom. The first-order valence-corrected chi connectivity index (χ1v) is 13.3. The summed E-state index contributed by atoms with van der Waals surface area (Å²) in [4.78, 5) is 17.1. The molecule has 7 nitrogen and oxygen atoms in total. The fourth-order valence-corrected chi connectivity index (χ4v) is 7.47. The van der Waals surface area contributed by atoms with Crippen LogP contribution < -0.4 is 5.32 Å². The van der Waals surface area contributed by atoms with Gasteiger partial charge in [-0.05, 0) is 24.3 Å². The van der Waals surface area contributed by atoms with Gasteiger partial charge in [-0.25, -0.2) is 13.4 Å². The fourth-order valence-electron chi connectivity index (χ4n) is 3.48. The number of hydrogen-bond donors (Lipinski definition) is 2. The molecule has 34 heavy (non-hydrogen) atoms. The van der Waals surface area contributed by atoms with E-state index < -0.39 is 39.8 Å². The SMILES string of the molecule is O=C(NCc1nc(-c2ccc(C(F)(F)F)cc2)cs1)[C@@H]1C[C@@H](O)CN1S(=O)(=O)c1ccc(Cl)s1. The van der Waals surface area contributed by atoms with Crippen LogP contribution in [0.25, 0.3) is 11.3 Å². The van der Waals surface area contributed by atoms with Gasteiger partial charge in [0.1, 0.15) is 15.3 Å². The molecule has 182 valence electrons. The number of aliphatic hydroxyl groups is 1. The third kappa shape index (κ3) is 5.29. The van der Waals surface area contributed by atoms with Crippen molar-refractivity contribution in [1.82, 2.24) is 14.6 Å². The number of sulfonamides is 1. The normalized spacial score (nSPS) is 19.4. The van der Waals surface area contributed by atoms with E-state index in [1.165, 1.54) is 35.6 Å². The van der Waals surface area contributed by atoms with Gasteiger partial charge in [-0.2, -0.15) is 17.5 Å². The van der Waals surface area contributed by atoms with Gasteiger partial charge in [-0.3, -0.25) is 4.79 Å². The summed E-state index contributed by atoms with van der Waals surface area (Å²) in [7, 11) is -4.02. The molecule has 0 radical (unpaired) electrons. The van der Waals surface area contributed by atoms with Crippen molar-refractivity contribution in [1.29, 1.82) is 0 Å². The van der Waals surface area contributed by atoms with Crippen LogP contribution in [0.4, 0.5) is 13.2 Å². The lowest BCUT2D eigenvalue weighted by Crippen LogP contribution is -2.45. The Morgan fingerprint density at radius 1 is 1.24 bits per heavy atom. The van der Waals surface area contributed by atoms with E-state index in [1.54, 1.807) is 5.38 Å². The molecule has 2 aromatic heterocycles. The molecule has 0 aliphatic carbocycles. The Balaban J connectivity index is 1.43. The van der Waals surface area contributed by atoms with Crippen LogP contribution in [0.3, 0.4) is 0 Å². The smallest absolute Gasteiger partial charge is 0.392 e. The van der Waals surface area contributed by atoms with Crippen LogP contribution in [0.15, 0.2) is 46.0 Å². The van der Waals surface area contributed by atoms with Crippen molar-refractivity contribution in [2.75, 3.05) is 6.54 Å². The highest BCUT2D eigenvalue weighted by atomic mass is 35.5. The Kier molecular flexibility index (Phi) is 7.04. The molecule has 1 saturated heterocycles.